The highest BCUT2D eigenvalue weighted by atomic mass is 35.5. The van der Waals surface area contributed by atoms with E-state index in [1.807, 2.05) is 53.4 Å². The average molecular weight is 653 g/mol. The molecule has 0 bridgehead atoms. The number of nitrogens with two attached hydrogens (primary N) is 1. The minimum absolute atomic E-state index is 0.00512. The van der Waals surface area contributed by atoms with Crippen molar-refractivity contribution in [3.8, 4) is 11.1 Å². The molecule has 2 aliphatic rings. The van der Waals surface area contributed by atoms with E-state index in [4.69, 9.17) is 33.7 Å². The third kappa shape index (κ3) is 8.35. The van der Waals surface area contributed by atoms with Crippen LogP contribution in [0.15, 0.2) is 66.7 Å². The summed E-state index contributed by atoms with van der Waals surface area (Å²) in [7, 11) is 0. The molecule has 2 heterocycles. The Bertz CT molecular complexity index is 1510. The van der Waals surface area contributed by atoms with Gasteiger partial charge in [-0.25, -0.2) is 0 Å². The van der Waals surface area contributed by atoms with Crippen LogP contribution in [0.3, 0.4) is 0 Å². The zero-order valence-electron chi connectivity index (χ0n) is 25.4. The normalized spacial score (nSPS) is 16.6. The van der Waals surface area contributed by atoms with Gasteiger partial charge in [0.2, 0.25) is 11.8 Å². The van der Waals surface area contributed by atoms with Crippen LogP contribution in [-0.4, -0.2) is 86.0 Å². The van der Waals surface area contributed by atoms with Gasteiger partial charge in [-0.1, -0.05) is 59.6 Å². The number of hydrogen-bond acceptors (Lipinski definition) is 6. The summed E-state index contributed by atoms with van der Waals surface area (Å²) in [6.07, 6.45) is 2.25. The highest BCUT2D eigenvalue weighted by Gasteiger charge is 2.28. The van der Waals surface area contributed by atoms with Gasteiger partial charge < -0.3 is 30.5 Å². The molecule has 2 atom stereocenters. The summed E-state index contributed by atoms with van der Waals surface area (Å²) >= 11 is 12.4. The smallest absolute Gasteiger partial charge is 0.254 e. The number of halogens is 2. The summed E-state index contributed by atoms with van der Waals surface area (Å²) in [6, 6.07) is 19.7. The van der Waals surface area contributed by atoms with Crippen LogP contribution in [0.4, 0.5) is 5.69 Å². The predicted molar refractivity (Wildman–Crippen MR) is 178 cm³/mol. The second-order valence-corrected chi connectivity index (χ2v) is 12.4. The molecule has 238 valence electrons. The predicted octanol–water partition coefficient (Wildman–Crippen LogP) is 4.77. The summed E-state index contributed by atoms with van der Waals surface area (Å²) < 4.78 is 5.39. The average Bonchev–Trinajstić information content (AvgIpc) is 3.57. The van der Waals surface area contributed by atoms with Crippen molar-refractivity contribution in [1.82, 2.24) is 15.1 Å². The highest BCUT2D eigenvalue weighted by Crippen LogP contribution is 2.29. The van der Waals surface area contributed by atoms with E-state index in [2.05, 4.69) is 10.2 Å². The summed E-state index contributed by atoms with van der Waals surface area (Å²) in [6.45, 7) is 6.47. The molecule has 3 aromatic rings. The molecule has 3 aromatic carbocycles. The molecule has 11 heteroatoms. The first-order valence-corrected chi connectivity index (χ1v) is 16.1. The van der Waals surface area contributed by atoms with Crippen LogP contribution in [-0.2, 0) is 14.3 Å². The quantitative estimate of drug-likeness (QED) is 0.309. The maximum absolute atomic E-state index is 13.7. The van der Waals surface area contributed by atoms with E-state index in [-0.39, 0.29) is 24.4 Å². The van der Waals surface area contributed by atoms with Crippen molar-refractivity contribution >= 4 is 46.6 Å². The number of anilines is 1. The zero-order valence-corrected chi connectivity index (χ0v) is 26.9. The molecule has 9 nitrogen and oxygen atoms in total. The second-order valence-electron chi connectivity index (χ2n) is 11.5. The SMILES string of the molecule is CC(C(=O)NC(CN1CCCC1)c1ccc(-c2cccc(C(=O)N3CCOCC3)c2)cc1)N(CC(N)=O)c1ccc(Cl)c(Cl)c1. The van der Waals surface area contributed by atoms with Gasteiger partial charge in [0.1, 0.15) is 6.04 Å². The third-order valence-electron chi connectivity index (χ3n) is 8.42. The van der Waals surface area contributed by atoms with E-state index in [1.165, 1.54) is 0 Å². The summed E-state index contributed by atoms with van der Waals surface area (Å²) in [5.41, 5.74) is 9.65. The molecule has 0 aromatic heterocycles. The van der Waals surface area contributed by atoms with Crippen molar-refractivity contribution in [2.45, 2.75) is 31.8 Å². The maximum atomic E-state index is 13.7. The van der Waals surface area contributed by atoms with Gasteiger partial charge in [-0.2, -0.15) is 0 Å². The minimum Gasteiger partial charge on any atom is -0.378 e. The first-order chi connectivity index (χ1) is 21.7. The molecule has 2 unspecified atom stereocenters. The number of amides is 3. The molecule has 2 saturated heterocycles. The number of nitrogens with one attached hydrogen (secondary N) is 1. The Labute approximate surface area is 274 Å². The van der Waals surface area contributed by atoms with Crippen LogP contribution in [0.25, 0.3) is 11.1 Å². The number of benzene rings is 3. The molecule has 3 N–H and O–H groups in total. The Kier molecular flexibility index (Phi) is 11.0. The number of rotatable bonds is 11. The van der Waals surface area contributed by atoms with Crippen LogP contribution in [0.2, 0.25) is 10.0 Å². The molecule has 0 saturated carbocycles. The van der Waals surface area contributed by atoms with Gasteiger partial charge in [0.15, 0.2) is 0 Å². The van der Waals surface area contributed by atoms with Crippen LogP contribution in [0, 0.1) is 0 Å². The van der Waals surface area contributed by atoms with Crippen molar-refractivity contribution in [3.63, 3.8) is 0 Å². The van der Waals surface area contributed by atoms with E-state index in [0.717, 1.165) is 42.6 Å². The summed E-state index contributed by atoms with van der Waals surface area (Å²) in [4.78, 5) is 44.6. The minimum atomic E-state index is -0.721. The standard InChI is InChI=1S/C34H39Cl2N5O4/c1-23(41(22-32(37)42)28-11-12-29(35)30(36)20-28)33(43)38-31(21-39-13-2-3-14-39)25-9-7-24(8-10-25)26-5-4-6-27(19-26)34(44)40-15-17-45-18-16-40/h4-12,19-20,23,31H,2-3,13-18,21-22H2,1H3,(H2,37,42)(H,38,43). The van der Waals surface area contributed by atoms with Gasteiger partial charge in [-0.3, -0.25) is 14.4 Å². The first-order valence-electron chi connectivity index (χ1n) is 15.3. The van der Waals surface area contributed by atoms with Crippen molar-refractivity contribution in [2.24, 2.45) is 5.73 Å². The summed E-state index contributed by atoms with van der Waals surface area (Å²) in [5.74, 6) is -0.809. The van der Waals surface area contributed by atoms with Gasteiger partial charge in [-0.05, 0) is 79.9 Å². The Balaban J connectivity index is 1.35. The molecule has 0 aliphatic carbocycles. The molecule has 0 spiro atoms. The molecule has 3 amide bonds. The van der Waals surface area contributed by atoms with Crippen molar-refractivity contribution in [1.29, 1.82) is 0 Å². The van der Waals surface area contributed by atoms with E-state index in [0.29, 0.717) is 54.1 Å². The Morgan fingerprint density at radius 3 is 2.29 bits per heavy atom. The molecule has 0 radical (unpaired) electrons. The van der Waals surface area contributed by atoms with Gasteiger partial charge in [0.25, 0.3) is 5.91 Å². The number of nitrogens with zero attached hydrogens (tertiary/aromatic N) is 3. The Morgan fingerprint density at radius 2 is 1.62 bits per heavy atom. The lowest BCUT2D eigenvalue weighted by molar-refractivity contribution is -0.123. The van der Waals surface area contributed by atoms with Crippen molar-refractivity contribution < 1.29 is 19.1 Å². The number of primary amides is 1. The number of hydrogen-bond donors (Lipinski definition) is 2. The van der Waals surface area contributed by atoms with Gasteiger partial charge in [-0.15, -0.1) is 0 Å². The van der Waals surface area contributed by atoms with Crippen LogP contribution < -0.4 is 16.0 Å². The third-order valence-corrected chi connectivity index (χ3v) is 9.16. The zero-order chi connectivity index (χ0) is 31.9. The first kappa shape index (κ1) is 32.8. The van der Waals surface area contributed by atoms with E-state index in [1.54, 1.807) is 30.0 Å². The maximum Gasteiger partial charge on any atom is 0.254 e. The molecular weight excluding hydrogens is 613 g/mol. The largest absolute Gasteiger partial charge is 0.378 e. The fourth-order valence-corrected chi connectivity index (χ4v) is 6.16. The lowest BCUT2D eigenvalue weighted by Gasteiger charge is -2.32. The number of carbonyl (C=O) groups is 3. The molecule has 2 aliphatic heterocycles. The van der Waals surface area contributed by atoms with Crippen molar-refractivity contribution in [3.05, 3.63) is 87.9 Å². The lowest BCUT2D eigenvalue weighted by atomic mass is 9.98. The van der Waals surface area contributed by atoms with Crippen LogP contribution in [0.1, 0.15) is 41.7 Å². The number of likely N-dealkylation sites (tertiary alicyclic amines) is 1. The highest BCUT2D eigenvalue weighted by molar-refractivity contribution is 6.42. The Hall–Kier alpha value is -3.63. The molecule has 45 heavy (non-hydrogen) atoms. The number of carbonyl (C=O) groups excluding carboxylic acids is 3. The lowest BCUT2D eigenvalue weighted by Crippen LogP contribution is -2.50. The van der Waals surface area contributed by atoms with E-state index >= 15 is 0 Å². The van der Waals surface area contributed by atoms with E-state index in [9.17, 15) is 14.4 Å². The van der Waals surface area contributed by atoms with Gasteiger partial charge in [0.05, 0.1) is 35.8 Å². The van der Waals surface area contributed by atoms with Gasteiger partial charge in [0, 0.05) is 30.9 Å². The number of ether oxygens (including phenoxy) is 1. The second kappa shape index (κ2) is 15.1. The molecule has 5 rings (SSSR count). The number of morpholine rings is 1. The summed E-state index contributed by atoms with van der Waals surface area (Å²) in [5, 5.41) is 3.93. The van der Waals surface area contributed by atoms with E-state index < -0.39 is 11.9 Å². The van der Waals surface area contributed by atoms with Gasteiger partial charge >= 0.3 is 0 Å². The molecular formula is C34H39Cl2N5O4. The topological polar surface area (TPSA) is 108 Å². The Morgan fingerprint density at radius 1 is 0.911 bits per heavy atom. The fraction of sp³-hybridized carbons (Fsp3) is 0.382. The van der Waals surface area contributed by atoms with Crippen molar-refractivity contribution in [2.75, 3.05) is 57.4 Å². The monoisotopic (exact) mass is 651 g/mol. The van der Waals surface area contributed by atoms with Crippen LogP contribution in [0.5, 0.6) is 0 Å². The van der Waals surface area contributed by atoms with Crippen LogP contribution >= 0.6 is 23.2 Å². The molecule has 2 fully saturated rings. The fourth-order valence-electron chi connectivity index (χ4n) is 5.86.